The highest BCUT2D eigenvalue weighted by atomic mass is 16.6. The highest BCUT2D eigenvalue weighted by Crippen LogP contribution is 2.29. The Kier molecular flexibility index (Phi) is 7.28. The van der Waals surface area contributed by atoms with E-state index in [0.717, 1.165) is 29.5 Å². The lowest BCUT2D eigenvalue weighted by Crippen LogP contribution is -2.15. The predicted molar refractivity (Wildman–Crippen MR) is 108 cm³/mol. The van der Waals surface area contributed by atoms with E-state index < -0.39 is 0 Å². The van der Waals surface area contributed by atoms with E-state index in [1.54, 1.807) is 6.07 Å². The summed E-state index contributed by atoms with van der Waals surface area (Å²) in [7, 11) is 0. The number of aromatic hydroxyl groups is 1. The molecule has 2 rings (SSSR count). The fourth-order valence-corrected chi connectivity index (χ4v) is 3.10. The smallest absolute Gasteiger partial charge is 0.344 e. The molecule has 0 unspecified atom stereocenters. The zero-order valence-electron chi connectivity index (χ0n) is 17.0. The molecule has 0 aliphatic heterocycles. The molecule has 0 aliphatic carbocycles. The summed E-state index contributed by atoms with van der Waals surface area (Å²) in [6, 6.07) is 9.73. The van der Waals surface area contributed by atoms with Gasteiger partial charge in [0.2, 0.25) is 0 Å². The number of aryl methyl sites for hydroxylation is 2. The van der Waals surface area contributed by atoms with Gasteiger partial charge in [0.25, 0.3) is 0 Å². The van der Waals surface area contributed by atoms with Crippen LogP contribution < -0.4 is 4.74 Å². The largest absolute Gasteiger partial charge is 0.508 e. The number of carbonyl (C=O) groups is 1. The van der Waals surface area contributed by atoms with Crippen molar-refractivity contribution in [1.29, 1.82) is 0 Å². The lowest BCUT2D eigenvalue weighted by atomic mass is 9.93. The van der Waals surface area contributed by atoms with Crippen molar-refractivity contribution >= 4 is 5.97 Å². The van der Waals surface area contributed by atoms with Crippen LogP contribution in [0.25, 0.3) is 0 Å². The van der Waals surface area contributed by atoms with Gasteiger partial charge < -0.3 is 14.6 Å². The molecule has 2 aromatic rings. The summed E-state index contributed by atoms with van der Waals surface area (Å²) in [4.78, 5) is 11.6. The van der Waals surface area contributed by atoms with Gasteiger partial charge in [-0.2, -0.15) is 0 Å². The monoisotopic (exact) mass is 370 g/mol. The first-order chi connectivity index (χ1) is 12.8. The van der Waals surface area contributed by atoms with Gasteiger partial charge in [-0.15, -0.1) is 0 Å². The third-order valence-electron chi connectivity index (χ3n) is 4.59. The molecule has 0 heterocycles. The second-order valence-corrected chi connectivity index (χ2v) is 7.27. The highest BCUT2D eigenvalue weighted by molar-refractivity contribution is 5.71. The van der Waals surface area contributed by atoms with E-state index in [4.69, 9.17) is 9.47 Å². The fourth-order valence-electron chi connectivity index (χ4n) is 3.10. The Morgan fingerprint density at radius 1 is 1.11 bits per heavy atom. The molecular formula is C23H30O4. The lowest BCUT2D eigenvalue weighted by molar-refractivity contribution is -0.146. The summed E-state index contributed by atoms with van der Waals surface area (Å²) in [5, 5.41) is 10.0. The minimum Gasteiger partial charge on any atom is -0.508 e. The van der Waals surface area contributed by atoms with Gasteiger partial charge in [0.15, 0.2) is 6.61 Å². The van der Waals surface area contributed by atoms with Crippen LogP contribution in [0.4, 0.5) is 0 Å². The van der Waals surface area contributed by atoms with Crippen LogP contribution in [-0.2, 0) is 16.0 Å². The summed E-state index contributed by atoms with van der Waals surface area (Å²) in [5.74, 6) is 0.952. The molecule has 0 radical (unpaired) electrons. The van der Waals surface area contributed by atoms with Gasteiger partial charge in [-0.3, -0.25) is 0 Å². The van der Waals surface area contributed by atoms with Gasteiger partial charge in [0.1, 0.15) is 11.5 Å². The Labute approximate surface area is 162 Å². The first-order valence-electron chi connectivity index (χ1n) is 9.52. The number of esters is 1. The summed E-state index contributed by atoms with van der Waals surface area (Å²) < 4.78 is 10.6. The molecule has 1 N–H and O–H groups in total. The molecule has 0 bridgehead atoms. The van der Waals surface area contributed by atoms with Crippen molar-refractivity contribution in [3.05, 3.63) is 58.1 Å². The number of phenols is 1. The minimum absolute atomic E-state index is 0.0755. The van der Waals surface area contributed by atoms with E-state index in [9.17, 15) is 9.90 Å². The standard InChI is InChI=1S/C23H30O4/c1-6-9-26-23(25)14-27-19-10-16(4)21(17(5)11-19)13-18-7-8-22(24)20(12-18)15(2)3/h7-8,10-12,15,24H,6,9,13-14H2,1-5H3. The molecule has 0 fully saturated rings. The molecule has 2 aromatic carbocycles. The maximum absolute atomic E-state index is 11.6. The van der Waals surface area contributed by atoms with Crippen molar-refractivity contribution in [2.75, 3.05) is 13.2 Å². The molecule has 4 heteroatoms. The number of hydrogen-bond acceptors (Lipinski definition) is 4. The van der Waals surface area contributed by atoms with Crippen molar-refractivity contribution < 1.29 is 19.4 Å². The molecule has 0 amide bonds. The van der Waals surface area contributed by atoms with E-state index in [1.165, 1.54) is 11.1 Å². The first kappa shape index (κ1) is 20.8. The van der Waals surface area contributed by atoms with Gasteiger partial charge >= 0.3 is 5.97 Å². The molecule has 0 aliphatic rings. The number of phenolic OH excluding ortho intramolecular Hbond substituents is 1. The third-order valence-corrected chi connectivity index (χ3v) is 4.59. The van der Waals surface area contributed by atoms with Crippen LogP contribution in [0.1, 0.15) is 60.9 Å². The average molecular weight is 370 g/mol. The van der Waals surface area contributed by atoms with Gasteiger partial charge in [0.05, 0.1) is 6.61 Å². The Morgan fingerprint density at radius 2 is 1.78 bits per heavy atom. The molecule has 27 heavy (non-hydrogen) atoms. The van der Waals surface area contributed by atoms with E-state index >= 15 is 0 Å². The number of rotatable bonds is 8. The molecule has 4 nitrogen and oxygen atoms in total. The van der Waals surface area contributed by atoms with E-state index in [2.05, 4.69) is 19.9 Å². The summed E-state index contributed by atoms with van der Waals surface area (Å²) in [6.07, 6.45) is 1.59. The van der Waals surface area contributed by atoms with E-state index in [-0.39, 0.29) is 18.5 Å². The minimum atomic E-state index is -0.346. The number of carbonyl (C=O) groups excluding carboxylic acids is 1. The van der Waals surface area contributed by atoms with Crippen LogP contribution in [0.5, 0.6) is 11.5 Å². The third kappa shape index (κ3) is 5.75. The molecule has 0 spiro atoms. The Hall–Kier alpha value is -2.49. The Balaban J connectivity index is 2.13. The molecule has 0 atom stereocenters. The topological polar surface area (TPSA) is 55.8 Å². The van der Waals surface area contributed by atoms with Gasteiger partial charge in [-0.05, 0) is 78.6 Å². The maximum atomic E-state index is 11.6. The molecular weight excluding hydrogens is 340 g/mol. The first-order valence-corrected chi connectivity index (χ1v) is 9.52. The highest BCUT2D eigenvalue weighted by Gasteiger charge is 2.12. The lowest BCUT2D eigenvalue weighted by Gasteiger charge is -2.15. The van der Waals surface area contributed by atoms with Crippen LogP contribution in [0, 0.1) is 13.8 Å². The number of hydrogen-bond donors (Lipinski definition) is 1. The van der Waals surface area contributed by atoms with Crippen LogP contribution in [0.2, 0.25) is 0 Å². The average Bonchev–Trinajstić information content (AvgIpc) is 2.62. The number of ether oxygens (including phenoxy) is 2. The predicted octanol–water partition coefficient (Wildman–Crippen LogP) is 5.06. The molecule has 0 saturated heterocycles. The summed E-state index contributed by atoms with van der Waals surface area (Å²) in [6.45, 7) is 10.6. The SMILES string of the molecule is CCCOC(=O)COc1cc(C)c(Cc2ccc(O)c(C(C)C)c2)c(C)c1. The number of benzene rings is 2. The van der Waals surface area contributed by atoms with Crippen molar-refractivity contribution in [3.8, 4) is 11.5 Å². The molecule has 0 aromatic heterocycles. The van der Waals surface area contributed by atoms with E-state index in [0.29, 0.717) is 18.1 Å². The fraction of sp³-hybridized carbons (Fsp3) is 0.435. The zero-order chi connectivity index (χ0) is 20.0. The van der Waals surface area contributed by atoms with Crippen molar-refractivity contribution in [2.45, 2.75) is 53.4 Å². The van der Waals surface area contributed by atoms with Crippen molar-refractivity contribution in [1.82, 2.24) is 0 Å². The van der Waals surface area contributed by atoms with Crippen LogP contribution in [0.3, 0.4) is 0 Å². The Bertz CT molecular complexity index is 770. The molecule has 0 saturated carbocycles. The second kappa shape index (κ2) is 9.45. The maximum Gasteiger partial charge on any atom is 0.344 e. The zero-order valence-corrected chi connectivity index (χ0v) is 17.0. The van der Waals surface area contributed by atoms with Crippen molar-refractivity contribution in [3.63, 3.8) is 0 Å². The van der Waals surface area contributed by atoms with Gasteiger partial charge in [-0.1, -0.05) is 32.9 Å². The van der Waals surface area contributed by atoms with E-state index in [1.807, 2.05) is 39.0 Å². The second-order valence-electron chi connectivity index (χ2n) is 7.27. The van der Waals surface area contributed by atoms with Gasteiger partial charge in [0, 0.05) is 0 Å². The van der Waals surface area contributed by atoms with Crippen LogP contribution in [-0.4, -0.2) is 24.3 Å². The van der Waals surface area contributed by atoms with Gasteiger partial charge in [-0.25, -0.2) is 4.79 Å². The van der Waals surface area contributed by atoms with Crippen LogP contribution >= 0.6 is 0 Å². The summed E-state index contributed by atoms with van der Waals surface area (Å²) in [5.41, 5.74) is 5.60. The quantitative estimate of drug-likeness (QED) is 0.660. The summed E-state index contributed by atoms with van der Waals surface area (Å²) >= 11 is 0. The van der Waals surface area contributed by atoms with Crippen molar-refractivity contribution in [2.24, 2.45) is 0 Å². The van der Waals surface area contributed by atoms with Crippen LogP contribution in [0.15, 0.2) is 30.3 Å². The molecule has 146 valence electrons. The normalized spacial score (nSPS) is 10.9. The Morgan fingerprint density at radius 3 is 2.37 bits per heavy atom.